The van der Waals surface area contributed by atoms with Gasteiger partial charge in [-0.25, -0.2) is 9.50 Å². The Bertz CT molecular complexity index is 1270. The lowest BCUT2D eigenvalue weighted by Gasteiger charge is -2.23. The van der Waals surface area contributed by atoms with Crippen molar-refractivity contribution < 1.29 is 9.47 Å². The fraction of sp³-hybridized carbons (Fsp3) is 0.357. The predicted molar refractivity (Wildman–Crippen MR) is 153 cm³/mol. The van der Waals surface area contributed by atoms with E-state index in [1.54, 1.807) is 7.11 Å². The predicted octanol–water partition coefficient (Wildman–Crippen LogP) is 5.44. The van der Waals surface area contributed by atoms with Gasteiger partial charge in [-0.15, -0.1) is 24.8 Å². The van der Waals surface area contributed by atoms with E-state index in [-0.39, 0.29) is 24.8 Å². The summed E-state index contributed by atoms with van der Waals surface area (Å²) < 4.78 is 13.4. The van der Waals surface area contributed by atoms with Crippen LogP contribution in [0.1, 0.15) is 30.5 Å². The van der Waals surface area contributed by atoms with Crippen LogP contribution < -0.4 is 10.5 Å². The van der Waals surface area contributed by atoms with Gasteiger partial charge in [0.1, 0.15) is 24.2 Å². The van der Waals surface area contributed by atoms with Crippen LogP contribution in [0.25, 0.3) is 16.6 Å². The number of hydrogen-bond acceptors (Lipinski definition) is 6. The highest BCUT2D eigenvalue weighted by molar-refractivity contribution is 5.88. The molecular formula is C28H35Cl2N5O2. The number of methoxy groups -OCH3 is 1. The molecule has 7 nitrogen and oxygen atoms in total. The molecule has 0 spiro atoms. The molecule has 0 saturated carbocycles. The number of anilines is 1. The Morgan fingerprint density at radius 1 is 1.05 bits per heavy atom. The van der Waals surface area contributed by atoms with Crippen LogP contribution in [0.15, 0.2) is 67.0 Å². The van der Waals surface area contributed by atoms with Gasteiger partial charge in [0.25, 0.3) is 0 Å². The number of likely N-dealkylation sites (tertiary alicyclic amines) is 1. The number of nitrogen functional groups attached to an aromatic ring is 1. The number of rotatable bonds is 10. The van der Waals surface area contributed by atoms with Crippen molar-refractivity contribution in [3.8, 4) is 16.9 Å². The molecule has 2 N–H and O–H groups in total. The first-order chi connectivity index (χ1) is 17.2. The number of nitrogens with two attached hydrogens (primary N) is 1. The zero-order valence-electron chi connectivity index (χ0n) is 21.1. The third-order valence-electron chi connectivity index (χ3n) is 6.79. The largest absolute Gasteiger partial charge is 0.489 e. The van der Waals surface area contributed by atoms with E-state index in [2.05, 4.69) is 45.3 Å². The molecule has 1 saturated heterocycles. The zero-order valence-corrected chi connectivity index (χ0v) is 22.7. The number of halogens is 2. The van der Waals surface area contributed by atoms with Crippen molar-refractivity contribution in [1.82, 2.24) is 19.5 Å². The van der Waals surface area contributed by atoms with Gasteiger partial charge in [-0.1, -0.05) is 42.5 Å². The summed E-state index contributed by atoms with van der Waals surface area (Å²) in [5.41, 5.74) is 11.5. The lowest BCUT2D eigenvalue weighted by atomic mass is 10.1. The molecule has 3 heterocycles. The summed E-state index contributed by atoms with van der Waals surface area (Å²) in [6, 6.07) is 21.1. The molecule has 5 rings (SSSR count). The Morgan fingerprint density at radius 2 is 1.89 bits per heavy atom. The average Bonchev–Trinajstić information content (AvgIpc) is 3.49. The van der Waals surface area contributed by atoms with Gasteiger partial charge in [-0.05, 0) is 68.1 Å². The summed E-state index contributed by atoms with van der Waals surface area (Å²) in [6.45, 7) is 3.54. The molecule has 0 amide bonds. The van der Waals surface area contributed by atoms with Crippen molar-refractivity contribution in [2.24, 2.45) is 0 Å². The van der Waals surface area contributed by atoms with Crippen LogP contribution in [0.5, 0.6) is 5.75 Å². The van der Waals surface area contributed by atoms with Gasteiger partial charge in [0.2, 0.25) is 0 Å². The van der Waals surface area contributed by atoms with Crippen LogP contribution in [-0.4, -0.2) is 52.3 Å². The maximum Gasteiger partial charge on any atom is 0.151 e. The molecule has 198 valence electrons. The van der Waals surface area contributed by atoms with E-state index in [0.717, 1.165) is 66.2 Å². The van der Waals surface area contributed by atoms with E-state index in [1.807, 2.05) is 34.8 Å². The molecule has 0 radical (unpaired) electrons. The van der Waals surface area contributed by atoms with E-state index in [4.69, 9.17) is 15.2 Å². The van der Waals surface area contributed by atoms with E-state index in [0.29, 0.717) is 18.5 Å². The minimum Gasteiger partial charge on any atom is -0.489 e. The Hall–Kier alpha value is -2.84. The first-order valence-corrected chi connectivity index (χ1v) is 12.3. The van der Waals surface area contributed by atoms with E-state index < -0.39 is 0 Å². The number of ether oxygens (including phenoxy) is 2. The highest BCUT2D eigenvalue weighted by Crippen LogP contribution is 2.33. The minimum atomic E-state index is 0. The Morgan fingerprint density at radius 3 is 2.70 bits per heavy atom. The van der Waals surface area contributed by atoms with Crippen molar-refractivity contribution in [2.75, 3.05) is 32.5 Å². The maximum absolute atomic E-state index is 6.33. The number of fused-ring (bicyclic) bond motifs is 1. The van der Waals surface area contributed by atoms with E-state index >= 15 is 0 Å². The fourth-order valence-corrected chi connectivity index (χ4v) is 5.06. The number of aryl methyl sites for hydroxylation is 1. The van der Waals surface area contributed by atoms with Crippen LogP contribution in [0, 0.1) is 0 Å². The van der Waals surface area contributed by atoms with Crippen LogP contribution >= 0.6 is 24.8 Å². The SMILES string of the molecule is COC[C@@H]1CCCN1CCCc1cc(-c2cccc(OCc3ccccc3)c2)c2c(N)ncnn12.Cl.Cl. The van der Waals surface area contributed by atoms with Gasteiger partial charge < -0.3 is 15.2 Å². The van der Waals surface area contributed by atoms with E-state index in [1.165, 1.54) is 19.2 Å². The smallest absolute Gasteiger partial charge is 0.151 e. The summed E-state index contributed by atoms with van der Waals surface area (Å²) in [5.74, 6) is 1.30. The lowest BCUT2D eigenvalue weighted by Crippen LogP contribution is -2.33. The van der Waals surface area contributed by atoms with Crippen LogP contribution in [0.4, 0.5) is 5.82 Å². The standard InChI is InChI=1S/C28H33N5O2.2ClH/c1-34-19-24-12-7-15-32(24)14-6-11-23-17-26(27-28(29)30-20-31-33(23)27)22-10-5-13-25(16-22)35-18-21-8-3-2-4-9-21;;/h2-5,8-10,13,16-17,20,24H,6-7,11-12,14-15,18-19H2,1H3,(H2,29,30,31);2*1H/t24-;;/m0../s1. The van der Waals surface area contributed by atoms with Crippen molar-refractivity contribution in [3.63, 3.8) is 0 Å². The molecule has 1 fully saturated rings. The fourth-order valence-electron chi connectivity index (χ4n) is 5.06. The quantitative estimate of drug-likeness (QED) is 0.286. The van der Waals surface area contributed by atoms with Crippen molar-refractivity contribution in [1.29, 1.82) is 0 Å². The lowest BCUT2D eigenvalue weighted by molar-refractivity contribution is 0.115. The minimum absolute atomic E-state index is 0. The number of hydrogen-bond donors (Lipinski definition) is 1. The third-order valence-corrected chi connectivity index (χ3v) is 6.79. The van der Waals surface area contributed by atoms with Crippen LogP contribution in [0.3, 0.4) is 0 Å². The second kappa shape index (κ2) is 13.6. The molecule has 0 bridgehead atoms. The summed E-state index contributed by atoms with van der Waals surface area (Å²) in [5, 5.41) is 4.54. The Kier molecular flexibility index (Phi) is 10.6. The number of aromatic nitrogens is 3. The number of benzene rings is 2. The molecule has 0 unspecified atom stereocenters. The van der Waals surface area contributed by atoms with Crippen molar-refractivity contribution in [2.45, 2.75) is 38.3 Å². The van der Waals surface area contributed by atoms with Gasteiger partial charge in [0.05, 0.1) is 6.61 Å². The van der Waals surface area contributed by atoms with Gasteiger partial charge in [0.15, 0.2) is 5.82 Å². The number of nitrogens with zero attached hydrogens (tertiary/aromatic N) is 4. The molecule has 9 heteroatoms. The van der Waals surface area contributed by atoms with E-state index in [9.17, 15) is 0 Å². The average molecular weight is 545 g/mol. The van der Waals surface area contributed by atoms with Gasteiger partial charge in [-0.3, -0.25) is 4.90 Å². The summed E-state index contributed by atoms with van der Waals surface area (Å²) >= 11 is 0. The zero-order chi connectivity index (χ0) is 24.0. The summed E-state index contributed by atoms with van der Waals surface area (Å²) in [4.78, 5) is 6.82. The maximum atomic E-state index is 6.33. The second-order valence-electron chi connectivity index (χ2n) is 9.15. The normalized spacial score (nSPS) is 15.3. The van der Waals surface area contributed by atoms with Crippen LogP contribution in [-0.2, 0) is 17.8 Å². The molecule has 2 aromatic heterocycles. The molecule has 2 aromatic carbocycles. The van der Waals surface area contributed by atoms with Crippen molar-refractivity contribution >= 4 is 36.1 Å². The molecule has 37 heavy (non-hydrogen) atoms. The summed E-state index contributed by atoms with van der Waals surface area (Å²) in [7, 11) is 1.79. The Balaban J connectivity index is 0.00000190. The molecule has 4 aromatic rings. The summed E-state index contributed by atoms with van der Waals surface area (Å²) in [6.07, 6.45) is 5.97. The molecule has 1 aliphatic rings. The van der Waals surface area contributed by atoms with Crippen molar-refractivity contribution in [3.05, 3.63) is 78.2 Å². The van der Waals surface area contributed by atoms with Gasteiger partial charge in [0, 0.05) is 24.4 Å². The Labute approximate surface area is 230 Å². The molecule has 0 aliphatic carbocycles. The third kappa shape index (κ3) is 6.73. The monoisotopic (exact) mass is 543 g/mol. The molecular weight excluding hydrogens is 509 g/mol. The highest BCUT2D eigenvalue weighted by atomic mass is 35.5. The first-order valence-electron chi connectivity index (χ1n) is 12.3. The van der Waals surface area contributed by atoms with Crippen LogP contribution in [0.2, 0.25) is 0 Å². The van der Waals surface area contributed by atoms with Gasteiger partial charge in [-0.2, -0.15) is 5.10 Å². The molecule has 1 aliphatic heterocycles. The first kappa shape index (κ1) is 28.7. The second-order valence-corrected chi connectivity index (χ2v) is 9.15. The van der Waals surface area contributed by atoms with Gasteiger partial charge >= 0.3 is 0 Å². The topological polar surface area (TPSA) is 77.9 Å². The molecule has 1 atom stereocenters. The highest BCUT2D eigenvalue weighted by Gasteiger charge is 2.24.